The summed E-state index contributed by atoms with van der Waals surface area (Å²) < 4.78 is 45.4. The molecule has 1 amide bonds. The maximum Gasteiger partial charge on any atom is 0.434 e. The average Bonchev–Trinajstić information content (AvgIpc) is 2.97. The number of hydrogen-bond donors (Lipinski definition) is 0. The van der Waals surface area contributed by atoms with E-state index in [1.54, 1.807) is 16.5 Å². The largest absolute Gasteiger partial charge is 0.434 e. The number of imidazole rings is 1. The summed E-state index contributed by atoms with van der Waals surface area (Å²) in [5, 5.41) is 0. The Hall–Kier alpha value is -1.61. The number of morpholine rings is 1. The lowest BCUT2D eigenvalue weighted by Crippen LogP contribution is -2.50. The van der Waals surface area contributed by atoms with Gasteiger partial charge in [0.2, 0.25) is 0 Å². The van der Waals surface area contributed by atoms with Gasteiger partial charge in [0.25, 0.3) is 5.91 Å². The van der Waals surface area contributed by atoms with Crippen LogP contribution in [0.15, 0.2) is 6.20 Å². The Morgan fingerprint density at radius 2 is 2.20 bits per heavy atom. The number of nitrogens with zero attached hydrogens (tertiary/aromatic N) is 4. The molecule has 0 bridgehead atoms. The maximum atomic E-state index is 12.8. The molecule has 0 saturated carbocycles. The van der Waals surface area contributed by atoms with Crippen molar-refractivity contribution in [1.29, 1.82) is 0 Å². The number of amides is 1. The van der Waals surface area contributed by atoms with E-state index < -0.39 is 18.0 Å². The minimum Gasteiger partial charge on any atom is -0.366 e. The van der Waals surface area contributed by atoms with Gasteiger partial charge in [-0.2, -0.15) is 13.2 Å². The highest BCUT2D eigenvalue weighted by atomic mass is 19.4. The number of alkyl halides is 3. The van der Waals surface area contributed by atoms with Crippen molar-refractivity contribution in [3.8, 4) is 0 Å². The summed E-state index contributed by atoms with van der Waals surface area (Å²) in [4.78, 5) is 19.9. The second-order valence-corrected chi connectivity index (χ2v) is 6.94. The van der Waals surface area contributed by atoms with E-state index >= 15 is 0 Å². The van der Waals surface area contributed by atoms with Crippen LogP contribution < -0.4 is 0 Å². The minimum absolute atomic E-state index is 0.0704. The molecular weight excluding hydrogens is 337 g/mol. The monoisotopic (exact) mass is 360 g/mol. The fourth-order valence-corrected chi connectivity index (χ4v) is 3.45. The lowest BCUT2D eigenvalue weighted by Gasteiger charge is -2.33. The molecule has 2 atom stereocenters. The van der Waals surface area contributed by atoms with E-state index in [9.17, 15) is 18.0 Å². The Balaban J connectivity index is 1.59. The minimum atomic E-state index is -4.42. The molecule has 0 aromatic carbocycles. The molecule has 2 aliphatic heterocycles. The number of ether oxygens (including phenoxy) is 1. The second kappa shape index (κ2) is 6.95. The summed E-state index contributed by atoms with van der Waals surface area (Å²) in [6.07, 6.45) is -2.60. The molecule has 1 fully saturated rings. The smallest absolute Gasteiger partial charge is 0.366 e. The van der Waals surface area contributed by atoms with Gasteiger partial charge in [0.05, 0.1) is 6.61 Å². The van der Waals surface area contributed by atoms with Crippen LogP contribution in [0.2, 0.25) is 0 Å². The van der Waals surface area contributed by atoms with Crippen molar-refractivity contribution in [2.45, 2.75) is 31.7 Å². The van der Waals surface area contributed by atoms with E-state index in [-0.39, 0.29) is 11.8 Å². The fourth-order valence-electron chi connectivity index (χ4n) is 3.45. The van der Waals surface area contributed by atoms with Crippen molar-refractivity contribution in [1.82, 2.24) is 19.4 Å². The molecule has 0 N–H and O–H groups in total. The van der Waals surface area contributed by atoms with Gasteiger partial charge >= 0.3 is 6.18 Å². The molecule has 140 valence electrons. The molecule has 1 aromatic heterocycles. The first-order valence-electron chi connectivity index (χ1n) is 8.42. The van der Waals surface area contributed by atoms with Gasteiger partial charge in [-0.15, -0.1) is 0 Å². The number of carbonyl (C=O) groups is 1. The highest BCUT2D eigenvalue weighted by Crippen LogP contribution is 2.30. The zero-order valence-electron chi connectivity index (χ0n) is 14.4. The number of carbonyl (C=O) groups excluding carboxylic acids is 1. The van der Waals surface area contributed by atoms with E-state index in [1.165, 1.54) is 0 Å². The lowest BCUT2D eigenvalue weighted by molar-refractivity contribution is -0.148. The first-order chi connectivity index (χ1) is 11.7. The third-order valence-corrected chi connectivity index (χ3v) is 4.83. The molecule has 1 saturated heterocycles. The van der Waals surface area contributed by atoms with Crippen LogP contribution in [0, 0.1) is 5.92 Å². The summed E-state index contributed by atoms with van der Waals surface area (Å²) in [5.74, 6) is 0.506. The Kier molecular flexibility index (Phi) is 5.06. The Bertz CT molecular complexity index is 631. The fraction of sp³-hybridized carbons (Fsp3) is 0.750. The number of aromatic nitrogens is 2. The van der Waals surface area contributed by atoms with E-state index in [0.29, 0.717) is 38.5 Å². The van der Waals surface area contributed by atoms with E-state index in [0.717, 1.165) is 19.2 Å². The number of aryl methyl sites for hydroxylation is 1. The molecule has 1 aromatic rings. The van der Waals surface area contributed by atoms with Crippen molar-refractivity contribution >= 4 is 5.91 Å². The molecule has 0 spiro atoms. The molecule has 0 aliphatic carbocycles. The van der Waals surface area contributed by atoms with Crippen LogP contribution in [0.1, 0.15) is 17.9 Å². The third-order valence-electron chi connectivity index (χ3n) is 4.83. The summed E-state index contributed by atoms with van der Waals surface area (Å²) in [6.45, 7) is 2.85. The van der Waals surface area contributed by atoms with Crippen LogP contribution in [0.5, 0.6) is 0 Å². The van der Waals surface area contributed by atoms with Crippen LogP contribution in [0.4, 0.5) is 13.2 Å². The number of likely N-dealkylation sites (N-methyl/N-ethyl adjacent to an activating group) is 2. The first kappa shape index (κ1) is 18.2. The van der Waals surface area contributed by atoms with Crippen molar-refractivity contribution in [3.63, 3.8) is 0 Å². The molecule has 25 heavy (non-hydrogen) atoms. The second-order valence-electron chi connectivity index (χ2n) is 6.94. The molecule has 9 heteroatoms. The van der Waals surface area contributed by atoms with Crippen LogP contribution in [-0.4, -0.2) is 71.7 Å². The summed E-state index contributed by atoms with van der Waals surface area (Å²) >= 11 is 0. The van der Waals surface area contributed by atoms with Gasteiger partial charge in [0.1, 0.15) is 11.9 Å². The Labute approximate surface area is 144 Å². The Morgan fingerprint density at radius 3 is 2.88 bits per heavy atom. The molecule has 6 nitrogen and oxygen atoms in total. The highest BCUT2D eigenvalue weighted by Gasteiger charge is 2.36. The number of hydrogen-bond acceptors (Lipinski definition) is 4. The molecule has 0 radical (unpaired) electrons. The maximum absolute atomic E-state index is 12.8. The van der Waals surface area contributed by atoms with Crippen LogP contribution >= 0.6 is 0 Å². The summed E-state index contributed by atoms with van der Waals surface area (Å²) in [6, 6.07) is 0. The normalized spacial score (nSPS) is 24.8. The van der Waals surface area contributed by atoms with Gasteiger partial charge in [0, 0.05) is 45.8 Å². The molecular formula is C16H23F3N4O2. The zero-order valence-corrected chi connectivity index (χ0v) is 14.4. The van der Waals surface area contributed by atoms with Gasteiger partial charge in [-0.3, -0.25) is 4.79 Å². The van der Waals surface area contributed by atoms with Crippen LogP contribution in [0.25, 0.3) is 0 Å². The standard InChI is InChI=1S/C16H23F3N4O2/c1-21-5-6-25-12(9-21)15(24)22(2)7-11-3-4-14-20-13(16(17,18)19)10-23(14)8-11/h10-12H,3-9H2,1-2H3/t11-,12+/m0/s1. The predicted molar refractivity (Wildman–Crippen MR) is 83.9 cm³/mol. The third kappa shape index (κ3) is 4.14. The topological polar surface area (TPSA) is 50.6 Å². The molecule has 3 heterocycles. The van der Waals surface area contributed by atoms with Crippen LogP contribution in [-0.2, 0) is 28.7 Å². The van der Waals surface area contributed by atoms with E-state index in [2.05, 4.69) is 9.88 Å². The number of rotatable bonds is 3. The SMILES string of the molecule is CN1CCO[C@@H](C(=O)N(C)C[C@@H]2CCc3nc(C(F)(F)F)cn3C2)C1. The van der Waals surface area contributed by atoms with Crippen molar-refractivity contribution in [2.24, 2.45) is 5.92 Å². The number of fused-ring (bicyclic) bond motifs is 1. The van der Waals surface area contributed by atoms with Gasteiger partial charge in [-0.1, -0.05) is 0 Å². The molecule has 3 rings (SSSR count). The van der Waals surface area contributed by atoms with E-state index in [4.69, 9.17) is 4.74 Å². The average molecular weight is 360 g/mol. The quantitative estimate of drug-likeness (QED) is 0.814. The van der Waals surface area contributed by atoms with Gasteiger partial charge < -0.3 is 19.1 Å². The zero-order chi connectivity index (χ0) is 18.2. The van der Waals surface area contributed by atoms with Gasteiger partial charge in [-0.05, 0) is 19.4 Å². The lowest BCUT2D eigenvalue weighted by atomic mass is 9.98. The van der Waals surface area contributed by atoms with Gasteiger partial charge in [0.15, 0.2) is 5.69 Å². The molecule has 0 unspecified atom stereocenters. The van der Waals surface area contributed by atoms with Crippen molar-refractivity contribution in [2.75, 3.05) is 40.3 Å². The van der Waals surface area contributed by atoms with Crippen molar-refractivity contribution in [3.05, 3.63) is 17.7 Å². The number of halogens is 3. The summed E-state index contributed by atoms with van der Waals surface area (Å²) in [5.41, 5.74) is -0.841. The molecule has 2 aliphatic rings. The van der Waals surface area contributed by atoms with Crippen LogP contribution in [0.3, 0.4) is 0 Å². The highest BCUT2D eigenvalue weighted by molar-refractivity contribution is 5.81. The van der Waals surface area contributed by atoms with Crippen molar-refractivity contribution < 1.29 is 22.7 Å². The predicted octanol–water partition coefficient (Wildman–Crippen LogP) is 1.25. The first-order valence-corrected chi connectivity index (χ1v) is 8.42. The Morgan fingerprint density at radius 1 is 1.44 bits per heavy atom. The summed E-state index contributed by atoms with van der Waals surface area (Å²) in [7, 11) is 3.67. The van der Waals surface area contributed by atoms with E-state index in [1.807, 2.05) is 7.05 Å². The van der Waals surface area contributed by atoms with Gasteiger partial charge in [-0.25, -0.2) is 4.98 Å².